The first-order chi connectivity index (χ1) is 23.9. The van der Waals surface area contributed by atoms with Gasteiger partial charge in [0, 0.05) is 55.4 Å². The fourth-order valence-electron chi connectivity index (χ4n) is 5.76. The number of hydrogen-bond donors (Lipinski definition) is 7. The molecule has 50 heavy (non-hydrogen) atoms. The van der Waals surface area contributed by atoms with Crippen LogP contribution in [-0.4, -0.2) is 72.6 Å². The van der Waals surface area contributed by atoms with Gasteiger partial charge in [0.15, 0.2) is 17.5 Å². The third kappa shape index (κ3) is 12.7. The number of para-hydroxylation sites is 1. The van der Waals surface area contributed by atoms with Gasteiger partial charge in [-0.25, -0.2) is 4.79 Å². The lowest BCUT2D eigenvalue weighted by Crippen LogP contribution is -2.50. The normalized spacial score (nSPS) is 14.0. The maximum atomic E-state index is 13.7. The highest BCUT2D eigenvalue weighted by Gasteiger charge is 2.30. The molecule has 13 nitrogen and oxygen atoms in total. The van der Waals surface area contributed by atoms with Crippen molar-refractivity contribution in [3.8, 4) is 0 Å². The predicted octanol–water partition coefficient (Wildman–Crippen LogP) is 2.73. The predicted molar refractivity (Wildman–Crippen MR) is 195 cm³/mol. The van der Waals surface area contributed by atoms with Gasteiger partial charge in [-0.15, -0.1) is 0 Å². The first kappa shape index (κ1) is 39.2. The Morgan fingerprint density at radius 1 is 0.840 bits per heavy atom. The summed E-state index contributed by atoms with van der Waals surface area (Å²) >= 11 is 0. The third-order valence-corrected chi connectivity index (χ3v) is 8.61. The van der Waals surface area contributed by atoms with Crippen molar-refractivity contribution in [3.05, 3.63) is 71.9 Å². The second kappa shape index (κ2) is 19.7. The van der Waals surface area contributed by atoms with Crippen molar-refractivity contribution in [2.75, 3.05) is 20.1 Å². The van der Waals surface area contributed by atoms with Crippen molar-refractivity contribution < 1.29 is 24.0 Å². The lowest BCUT2D eigenvalue weighted by atomic mass is 9.90. The number of guanidine groups is 1. The maximum Gasteiger partial charge on any atom is 0.315 e. The quantitative estimate of drug-likeness (QED) is 0.0535. The Balaban J connectivity index is 1.68. The van der Waals surface area contributed by atoms with Crippen LogP contribution < -0.4 is 32.7 Å². The van der Waals surface area contributed by atoms with Gasteiger partial charge >= 0.3 is 6.03 Å². The van der Waals surface area contributed by atoms with E-state index in [0.717, 1.165) is 22.0 Å². The number of hydrogen-bond acceptors (Lipinski definition) is 6. The summed E-state index contributed by atoms with van der Waals surface area (Å²) in [5.74, 6) is -2.52. The van der Waals surface area contributed by atoms with Crippen LogP contribution in [0.3, 0.4) is 0 Å². The van der Waals surface area contributed by atoms with Gasteiger partial charge in [0.25, 0.3) is 0 Å². The molecule has 4 atom stereocenters. The van der Waals surface area contributed by atoms with Gasteiger partial charge in [-0.1, -0.05) is 69.3 Å². The zero-order chi connectivity index (χ0) is 36.6. The van der Waals surface area contributed by atoms with Gasteiger partial charge in [-0.05, 0) is 48.8 Å². The number of H-pyrrole nitrogens is 1. The molecule has 0 saturated carbocycles. The Morgan fingerprint density at radius 3 is 2.22 bits per heavy atom. The van der Waals surface area contributed by atoms with E-state index < -0.39 is 35.8 Å². The highest BCUT2D eigenvalue weighted by atomic mass is 16.2. The molecule has 0 aliphatic heterocycles. The number of fused-ring (bicyclic) bond motifs is 1. The molecule has 0 bridgehead atoms. The molecule has 0 spiro atoms. The monoisotopic (exact) mass is 688 g/mol. The highest BCUT2D eigenvalue weighted by molar-refractivity contribution is 5.95. The van der Waals surface area contributed by atoms with Crippen LogP contribution in [-0.2, 0) is 32.0 Å². The van der Waals surface area contributed by atoms with Crippen molar-refractivity contribution in [2.45, 2.75) is 71.4 Å². The van der Waals surface area contributed by atoms with Crippen molar-refractivity contribution in [3.63, 3.8) is 0 Å². The number of primary amides is 1. The number of ketones is 2. The van der Waals surface area contributed by atoms with E-state index in [0.29, 0.717) is 25.8 Å². The molecule has 0 saturated heterocycles. The second-order valence-electron chi connectivity index (χ2n) is 13.1. The lowest BCUT2D eigenvalue weighted by Gasteiger charge is -2.24. The van der Waals surface area contributed by atoms with E-state index in [1.54, 1.807) is 13.2 Å². The SMILES string of the molecule is CN=C(N)NCCC[C@H](CC(=O)[C@H](CC(C)C)NC(=O)NCC(=O)[C@@H](C)Cc1ccccc1)C(=O)N[C@@H](Cc1c[nH]c2ccccc12)C(N)=O. The zero-order valence-corrected chi connectivity index (χ0v) is 29.5. The summed E-state index contributed by atoms with van der Waals surface area (Å²) in [7, 11) is 1.55. The van der Waals surface area contributed by atoms with Crippen molar-refractivity contribution >= 4 is 46.3 Å². The van der Waals surface area contributed by atoms with E-state index in [2.05, 4.69) is 31.2 Å². The van der Waals surface area contributed by atoms with Crippen LogP contribution in [0.4, 0.5) is 4.79 Å². The summed E-state index contributed by atoms with van der Waals surface area (Å²) in [5.41, 5.74) is 14.2. The molecule has 9 N–H and O–H groups in total. The Kier molecular flexibility index (Phi) is 15.5. The molecule has 3 aromatic rings. The van der Waals surface area contributed by atoms with Gasteiger partial charge in [0.05, 0.1) is 12.6 Å². The van der Waals surface area contributed by atoms with Crippen LogP contribution in [0, 0.1) is 17.8 Å². The summed E-state index contributed by atoms with van der Waals surface area (Å²) in [6.07, 6.45) is 3.39. The number of urea groups is 1. The minimum Gasteiger partial charge on any atom is -0.370 e. The average molecular weight is 689 g/mol. The summed E-state index contributed by atoms with van der Waals surface area (Å²) < 4.78 is 0. The summed E-state index contributed by atoms with van der Waals surface area (Å²) in [5, 5.41) is 12.0. The number of Topliss-reactive ketones (excluding diaryl/α,β-unsaturated/α-hetero) is 2. The molecule has 1 heterocycles. The molecule has 13 heteroatoms. The minimum atomic E-state index is -1.02. The van der Waals surface area contributed by atoms with Gasteiger partial charge < -0.3 is 37.7 Å². The van der Waals surface area contributed by atoms with Crippen molar-refractivity contribution in [1.82, 2.24) is 26.3 Å². The van der Waals surface area contributed by atoms with Crippen LogP contribution in [0.1, 0.15) is 57.6 Å². The number of nitrogens with zero attached hydrogens (tertiary/aromatic N) is 1. The molecule has 1 aromatic heterocycles. The number of aromatic nitrogens is 1. The van der Waals surface area contributed by atoms with E-state index >= 15 is 0 Å². The first-order valence-electron chi connectivity index (χ1n) is 17.1. The Hall–Kier alpha value is -5.20. The second-order valence-corrected chi connectivity index (χ2v) is 13.1. The fraction of sp³-hybridized carbons (Fsp3) is 0.459. The largest absolute Gasteiger partial charge is 0.370 e. The van der Waals surface area contributed by atoms with Gasteiger partial charge in [0.2, 0.25) is 11.8 Å². The van der Waals surface area contributed by atoms with Gasteiger partial charge in [-0.2, -0.15) is 0 Å². The molecule has 4 amide bonds. The van der Waals surface area contributed by atoms with Crippen LogP contribution >= 0.6 is 0 Å². The van der Waals surface area contributed by atoms with Gasteiger partial charge in [-0.3, -0.25) is 24.2 Å². The molecule has 0 fully saturated rings. The van der Waals surface area contributed by atoms with E-state index in [-0.39, 0.29) is 55.2 Å². The van der Waals surface area contributed by atoms with E-state index in [4.69, 9.17) is 11.5 Å². The highest BCUT2D eigenvalue weighted by Crippen LogP contribution is 2.21. The number of rotatable bonds is 20. The number of amides is 4. The minimum absolute atomic E-state index is 0.0416. The number of carbonyl (C=O) groups is 5. The topological polar surface area (TPSA) is 214 Å². The smallest absolute Gasteiger partial charge is 0.315 e. The Labute approximate surface area is 293 Å². The number of aliphatic imine (C=N–C) groups is 1. The molecule has 3 rings (SSSR count). The molecule has 2 aromatic carbocycles. The summed E-state index contributed by atoms with van der Waals surface area (Å²) in [4.78, 5) is 72.7. The number of nitrogens with one attached hydrogen (secondary N) is 5. The molecule has 0 aliphatic carbocycles. The van der Waals surface area contributed by atoms with Crippen LogP contribution in [0.15, 0.2) is 65.8 Å². The molecular formula is C37H52N8O5. The molecule has 0 aliphatic rings. The number of benzene rings is 2. The van der Waals surface area contributed by atoms with E-state index in [1.165, 1.54) is 0 Å². The zero-order valence-electron chi connectivity index (χ0n) is 29.5. The first-order valence-corrected chi connectivity index (χ1v) is 17.1. The Morgan fingerprint density at radius 2 is 1.54 bits per heavy atom. The van der Waals surface area contributed by atoms with Crippen molar-refractivity contribution in [1.29, 1.82) is 0 Å². The molecule has 270 valence electrons. The summed E-state index contributed by atoms with van der Waals surface area (Å²) in [6.45, 7) is 5.88. The molecular weight excluding hydrogens is 636 g/mol. The number of carbonyl (C=O) groups excluding carboxylic acids is 5. The van der Waals surface area contributed by atoms with E-state index in [1.807, 2.05) is 75.4 Å². The molecule has 0 unspecified atom stereocenters. The standard InChI is InChI=1S/C37H52N8O5/c1-23(2)17-30(45-37(50)43-22-33(47)24(3)18-25-11-6-5-7-12-25)32(46)20-26(13-10-16-41-36(39)40-4)35(49)44-31(34(38)48)19-27-21-42-29-15-9-8-14-28(27)29/h5-9,11-12,14-15,21,23-24,26,30-31,42H,10,13,16-20,22H2,1-4H3,(H2,38,48)(H,44,49)(H3,39,40,41)(H2,43,45,50)/t24-,26+,30-,31-/m0/s1. The maximum absolute atomic E-state index is 13.7. The van der Waals surface area contributed by atoms with Crippen LogP contribution in [0.2, 0.25) is 0 Å². The van der Waals surface area contributed by atoms with Crippen LogP contribution in [0.25, 0.3) is 10.9 Å². The lowest BCUT2D eigenvalue weighted by molar-refractivity contribution is -0.132. The number of aromatic amines is 1. The molecule has 0 radical (unpaired) electrons. The number of nitrogens with two attached hydrogens (primary N) is 2. The fourth-order valence-corrected chi connectivity index (χ4v) is 5.76. The van der Waals surface area contributed by atoms with E-state index in [9.17, 15) is 24.0 Å². The summed E-state index contributed by atoms with van der Waals surface area (Å²) in [6, 6.07) is 14.7. The average Bonchev–Trinajstić information content (AvgIpc) is 3.50. The van der Waals surface area contributed by atoms with Crippen LogP contribution in [0.5, 0.6) is 0 Å². The third-order valence-electron chi connectivity index (χ3n) is 8.61. The van der Waals surface area contributed by atoms with Gasteiger partial charge in [0.1, 0.15) is 6.04 Å². The Bertz CT molecular complexity index is 1620. The van der Waals surface area contributed by atoms with Crippen molar-refractivity contribution in [2.24, 2.45) is 34.2 Å².